The fourth-order valence-electron chi connectivity index (χ4n) is 2.30. The van der Waals surface area contributed by atoms with Crippen LogP contribution in [0.3, 0.4) is 0 Å². The number of rotatable bonds is 5. The Bertz CT molecular complexity index is 460. The molecule has 0 radical (unpaired) electrons. The van der Waals surface area contributed by atoms with Gasteiger partial charge in [0.05, 0.1) is 7.11 Å². The monoisotopic (exact) mass is 230 g/mol. The first-order chi connectivity index (χ1) is 8.11. The first-order valence-corrected chi connectivity index (χ1v) is 5.97. The van der Waals surface area contributed by atoms with E-state index in [1.54, 1.807) is 14.0 Å². The Morgan fingerprint density at radius 2 is 2.29 bits per heavy atom. The molecule has 1 aliphatic carbocycles. The predicted molar refractivity (Wildman–Crippen MR) is 68.5 cm³/mol. The number of ketones is 1. The molecule has 1 unspecified atom stereocenters. The summed E-state index contributed by atoms with van der Waals surface area (Å²) >= 11 is 0. The molecule has 0 saturated heterocycles. The molecule has 1 aromatic carbocycles. The molecule has 0 N–H and O–H groups in total. The number of methoxy groups -OCH3 is 1. The van der Waals surface area contributed by atoms with Gasteiger partial charge in [-0.3, -0.25) is 4.79 Å². The molecule has 0 aliphatic heterocycles. The lowest BCUT2D eigenvalue weighted by Gasteiger charge is -2.30. The van der Waals surface area contributed by atoms with Crippen LogP contribution in [0.25, 0.3) is 0 Å². The van der Waals surface area contributed by atoms with Gasteiger partial charge in [0.15, 0.2) is 5.78 Å². The fourth-order valence-corrected chi connectivity index (χ4v) is 2.30. The molecule has 2 rings (SSSR count). The molecule has 1 atom stereocenters. The smallest absolute Gasteiger partial charge is 0.158 e. The minimum absolute atomic E-state index is 0.187. The maximum atomic E-state index is 11.5. The van der Waals surface area contributed by atoms with E-state index in [0.717, 1.165) is 18.6 Å². The molecule has 0 fully saturated rings. The highest BCUT2D eigenvalue weighted by Crippen LogP contribution is 2.40. The highest BCUT2D eigenvalue weighted by Gasteiger charge is 2.26. The van der Waals surface area contributed by atoms with E-state index in [0.29, 0.717) is 17.9 Å². The van der Waals surface area contributed by atoms with E-state index >= 15 is 0 Å². The summed E-state index contributed by atoms with van der Waals surface area (Å²) in [4.78, 5) is 11.5. The second-order valence-electron chi connectivity index (χ2n) is 4.71. The van der Waals surface area contributed by atoms with Crippen molar-refractivity contribution in [2.45, 2.75) is 32.1 Å². The van der Waals surface area contributed by atoms with Crippen molar-refractivity contribution < 1.29 is 9.53 Å². The largest absolute Gasteiger partial charge is 0.497 e. The van der Waals surface area contributed by atoms with Crippen LogP contribution in [0.5, 0.6) is 5.75 Å². The van der Waals surface area contributed by atoms with Gasteiger partial charge in [-0.2, -0.15) is 0 Å². The summed E-state index contributed by atoms with van der Waals surface area (Å²) in [6.45, 7) is 5.46. The molecule has 0 aromatic heterocycles. The summed E-state index contributed by atoms with van der Waals surface area (Å²) in [5.74, 6) is 1.64. The number of ether oxygens (including phenoxy) is 1. The molecule has 1 aromatic rings. The van der Waals surface area contributed by atoms with Crippen LogP contribution in [-0.2, 0) is 11.2 Å². The normalized spacial score (nSPS) is 16.9. The average Bonchev–Trinajstić information content (AvgIpc) is 2.29. The topological polar surface area (TPSA) is 26.3 Å². The summed E-state index contributed by atoms with van der Waals surface area (Å²) < 4.78 is 5.18. The molecule has 90 valence electrons. The third-order valence-corrected chi connectivity index (χ3v) is 3.45. The number of benzene rings is 1. The first-order valence-electron chi connectivity index (χ1n) is 5.97. The van der Waals surface area contributed by atoms with Gasteiger partial charge in [0.2, 0.25) is 0 Å². The number of fused-ring (bicyclic) bond motifs is 1. The zero-order chi connectivity index (χ0) is 12.4. The van der Waals surface area contributed by atoms with Gasteiger partial charge in [-0.05, 0) is 54.5 Å². The Morgan fingerprint density at radius 3 is 2.88 bits per heavy atom. The van der Waals surface area contributed by atoms with Crippen LogP contribution < -0.4 is 4.74 Å². The van der Waals surface area contributed by atoms with Crippen LogP contribution in [0.1, 0.15) is 36.8 Å². The van der Waals surface area contributed by atoms with Crippen molar-refractivity contribution >= 4 is 5.78 Å². The minimum atomic E-state index is 0.187. The van der Waals surface area contributed by atoms with Crippen LogP contribution in [0.15, 0.2) is 30.4 Å². The van der Waals surface area contributed by atoms with Crippen molar-refractivity contribution in [3.8, 4) is 5.75 Å². The van der Waals surface area contributed by atoms with Gasteiger partial charge >= 0.3 is 0 Å². The van der Waals surface area contributed by atoms with Crippen LogP contribution in [0.2, 0.25) is 0 Å². The molecule has 0 spiro atoms. The van der Waals surface area contributed by atoms with Crippen LogP contribution in [-0.4, -0.2) is 12.9 Å². The standard InChI is InChI=1S/C15H18O2/c1-10(2)15(16)7-4-11-8-12-9-13(17-3)5-6-14(11)12/h5-6,9,11H,1,4,7-8H2,2-3H3. The zero-order valence-electron chi connectivity index (χ0n) is 10.5. The van der Waals surface area contributed by atoms with E-state index in [4.69, 9.17) is 4.74 Å². The second kappa shape index (κ2) is 4.74. The van der Waals surface area contributed by atoms with Gasteiger partial charge < -0.3 is 4.74 Å². The molecular formula is C15H18O2. The first kappa shape index (κ1) is 11.9. The molecule has 2 nitrogen and oxygen atoms in total. The quantitative estimate of drug-likeness (QED) is 0.726. The number of carbonyl (C=O) groups is 1. The summed E-state index contributed by atoms with van der Waals surface area (Å²) in [5.41, 5.74) is 3.40. The van der Waals surface area contributed by atoms with E-state index in [9.17, 15) is 4.79 Å². The molecule has 0 amide bonds. The fraction of sp³-hybridized carbons (Fsp3) is 0.400. The molecule has 0 bridgehead atoms. The third-order valence-electron chi connectivity index (χ3n) is 3.45. The van der Waals surface area contributed by atoms with Crippen molar-refractivity contribution in [3.05, 3.63) is 41.5 Å². The maximum absolute atomic E-state index is 11.5. The second-order valence-corrected chi connectivity index (χ2v) is 4.71. The number of allylic oxidation sites excluding steroid dienone is 1. The zero-order valence-corrected chi connectivity index (χ0v) is 10.5. The van der Waals surface area contributed by atoms with E-state index in [1.807, 2.05) is 6.07 Å². The summed E-state index contributed by atoms with van der Waals surface area (Å²) in [6.07, 6.45) is 2.62. The lowest BCUT2D eigenvalue weighted by atomic mass is 9.75. The minimum Gasteiger partial charge on any atom is -0.497 e. The molecule has 0 saturated carbocycles. The van der Waals surface area contributed by atoms with Gasteiger partial charge in [0.25, 0.3) is 0 Å². The molecule has 17 heavy (non-hydrogen) atoms. The van der Waals surface area contributed by atoms with Crippen molar-refractivity contribution in [2.75, 3.05) is 7.11 Å². The van der Waals surface area contributed by atoms with Crippen LogP contribution >= 0.6 is 0 Å². The Hall–Kier alpha value is -1.57. The van der Waals surface area contributed by atoms with Crippen molar-refractivity contribution in [1.29, 1.82) is 0 Å². The van der Waals surface area contributed by atoms with Crippen LogP contribution in [0, 0.1) is 0 Å². The van der Waals surface area contributed by atoms with Crippen LogP contribution in [0.4, 0.5) is 0 Å². The van der Waals surface area contributed by atoms with Gasteiger partial charge in [-0.1, -0.05) is 12.6 Å². The number of Topliss-reactive ketones (excluding diaryl/α,β-unsaturated/α-hetero) is 1. The molecule has 2 heteroatoms. The average molecular weight is 230 g/mol. The van der Waals surface area contributed by atoms with E-state index in [1.165, 1.54) is 11.1 Å². The number of carbonyl (C=O) groups excluding carboxylic acids is 1. The molecule has 1 aliphatic rings. The summed E-state index contributed by atoms with van der Waals surface area (Å²) in [7, 11) is 1.68. The van der Waals surface area contributed by atoms with Gasteiger partial charge in [-0.25, -0.2) is 0 Å². The van der Waals surface area contributed by atoms with Gasteiger partial charge in [-0.15, -0.1) is 0 Å². The van der Waals surface area contributed by atoms with Gasteiger partial charge in [0.1, 0.15) is 5.75 Å². The maximum Gasteiger partial charge on any atom is 0.158 e. The predicted octanol–water partition coefficient (Wildman–Crippen LogP) is 3.26. The number of hydrogen-bond donors (Lipinski definition) is 0. The van der Waals surface area contributed by atoms with Crippen molar-refractivity contribution in [1.82, 2.24) is 0 Å². The Labute approximate surface area is 102 Å². The SMILES string of the molecule is C=C(C)C(=O)CCC1Cc2cc(OC)ccc21. The third kappa shape index (κ3) is 2.41. The van der Waals surface area contributed by atoms with E-state index in [-0.39, 0.29) is 5.78 Å². The molecule has 0 heterocycles. The highest BCUT2D eigenvalue weighted by molar-refractivity contribution is 5.94. The summed E-state index contributed by atoms with van der Waals surface area (Å²) in [6, 6.07) is 6.20. The Morgan fingerprint density at radius 1 is 1.53 bits per heavy atom. The summed E-state index contributed by atoms with van der Waals surface area (Å²) in [5, 5.41) is 0. The van der Waals surface area contributed by atoms with E-state index in [2.05, 4.69) is 18.7 Å². The lowest BCUT2D eigenvalue weighted by Crippen LogP contribution is -2.18. The van der Waals surface area contributed by atoms with E-state index < -0.39 is 0 Å². The Balaban J connectivity index is 1.94. The number of hydrogen-bond acceptors (Lipinski definition) is 2. The van der Waals surface area contributed by atoms with Crippen molar-refractivity contribution in [2.24, 2.45) is 0 Å². The highest BCUT2D eigenvalue weighted by atomic mass is 16.5. The van der Waals surface area contributed by atoms with Crippen molar-refractivity contribution in [3.63, 3.8) is 0 Å². The van der Waals surface area contributed by atoms with Gasteiger partial charge in [0, 0.05) is 6.42 Å². The molecular weight excluding hydrogens is 212 g/mol. The lowest BCUT2D eigenvalue weighted by molar-refractivity contribution is -0.115. The Kier molecular flexibility index (Phi) is 3.32.